The van der Waals surface area contributed by atoms with Crippen molar-refractivity contribution in [2.45, 2.75) is 12.2 Å². The Morgan fingerprint density at radius 2 is 1.87 bits per heavy atom. The van der Waals surface area contributed by atoms with Gasteiger partial charge in [-0.1, -0.05) is 24.3 Å². The molecule has 148 valence electrons. The van der Waals surface area contributed by atoms with E-state index in [2.05, 4.69) is 9.97 Å². The van der Waals surface area contributed by atoms with Crippen LogP contribution in [0, 0.1) is 22.7 Å². The topological polar surface area (TPSA) is 96.9 Å². The zero-order valence-electron chi connectivity index (χ0n) is 15.1. The molecule has 3 aromatic rings. The predicted molar refractivity (Wildman–Crippen MR) is 100 cm³/mol. The number of hydrogen-bond acceptors (Lipinski definition) is 5. The second-order valence-corrected chi connectivity index (χ2v) is 6.48. The highest BCUT2D eigenvalue weighted by atomic mass is 19.4. The standard InChI is InChI=1S/C20H11F3N6O/c21-20(22,23)18-5-16(13(6-24)9-27-18)28-11-14(7-25)29(19(28)30)17-10-26-8-12-3-1-2-4-15(12)17/h1-5,8-10,14H,11H2/t14-/m0/s1. The first-order chi connectivity index (χ1) is 14.3. The van der Waals surface area contributed by atoms with Crippen LogP contribution in [0.15, 0.2) is 48.9 Å². The largest absolute Gasteiger partial charge is 0.433 e. The number of pyridine rings is 2. The van der Waals surface area contributed by atoms with Gasteiger partial charge in [0.1, 0.15) is 17.8 Å². The summed E-state index contributed by atoms with van der Waals surface area (Å²) in [5.74, 6) is 0. The molecule has 1 saturated heterocycles. The van der Waals surface area contributed by atoms with Gasteiger partial charge in [0.2, 0.25) is 0 Å². The minimum absolute atomic E-state index is 0.203. The van der Waals surface area contributed by atoms with Crippen molar-refractivity contribution in [2.75, 3.05) is 16.3 Å². The van der Waals surface area contributed by atoms with Gasteiger partial charge in [-0.25, -0.2) is 4.79 Å². The molecule has 0 saturated carbocycles. The molecule has 0 aliphatic carbocycles. The summed E-state index contributed by atoms with van der Waals surface area (Å²) in [6, 6.07) is 9.79. The number of benzene rings is 1. The van der Waals surface area contributed by atoms with Crippen LogP contribution in [0.3, 0.4) is 0 Å². The van der Waals surface area contributed by atoms with Gasteiger partial charge in [0, 0.05) is 23.2 Å². The molecular weight excluding hydrogens is 397 g/mol. The van der Waals surface area contributed by atoms with Crippen LogP contribution in [0.2, 0.25) is 0 Å². The van der Waals surface area contributed by atoms with Crippen LogP contribution < -0.4 is 9.80 Å². The minimum Gasteiger partial charge on any atom is -0.289 e. The monoisotopic (exact) mass is 408 g/mol. The lowest BCUT2D eigenvalue weighted by atomic mass is 10.1. The van der Waals surface area contributed by atoms with Gasteiger partial charge in [-0.05, 0) is 6.07 Å². The summed E-state index contributed by atoms with van der Waals surface area (Å²) in [6.07, 6.45) is -0.952. The average molecular weight is 408 g/mol. The van der Waals surface area contributed by atoms with Crippen LogP contribution in [0.1, 0.15) is 11.3 Å². The van der Waals surface area contributed by atoms with E-state index in [1.54, 1.807) is 36.5 Å². The number of carbonyl (C=O) groups excluding carboxylic acids is 1. The minimum atomic E-state index is -4.75. The molecule has 4 rings (SSSR count). The van der Waals surface area contributed by atoms with E-state index in [4.69, 9.17) is 0 Å². The van der Waals surface area contributed by atoms with Crippen LogP contribution in [-0.2, 0) is 6.18 Å². The Balaban J connectivity index is 1.84. The number of anilines is 2. The third kappa shape index (κ3) is 3.05. The molecule has 0 bridgehead atoms. The lowest BCUT2D eigenvalue weighted by Gasteiger charge is -2.21. The fourth-order valence-electron chi connectivity index (χ4n) is 3.37. The highest BCUT2D eigenvalue weighted by Crippen LogP contribution is 2.36. The zero-order valence-corrected chi connectivity index (χ0v) is 15.1. The van der Waals surface area contributed by atoms with E-state index >= 15 is 0 Å². The van der Waals surface area contributed by atoms with Crippen molar-refractivity contribution in [1.82, 2.24) is 9.97 Å². The second-order valence-electron chi connectivity index (χ2n) is 6.48. The normalized spacial score (nSPS) is 16.6. The summed E-state index contributed by atoms with van der Waals surface area (Å²) < 4.78 is 39.4. The molecule has 7 nitrogen and oxygen atoms in total. The Bertz CT molecular complexity index is 1240. The lowest BCUT2D eigenvalue weighted by Crippen LogP contribution is -2.35. The number of carbonyl (C=O) groups is 1. The smallest absolute Gasteiger partial charge is 0.289 e. The Kier molecular flexibility index (Phi) is 4.47. The van der Waals surface area contributed by atoms with E-state index in [1.807, 2.05) is 6.07 Å². The molecule has 2 aromatic heterocycles. The van der Waals surface area contributed by atoms with Crippen molar-refractivity contribution in [3.63, 3.8) is 0 Å². The quantitative estimate of drug-likeness (QED) is 0.642. The summed E-state index contributed by atoms with van der Waals surface area (Å²) in [5.41, 5.74) is -1.33. The van der Waals surface area contributed by atoms with E-state index in [-0.39, 0.29) is 17.8 Å². The average Bonchev–Trinajstić information content (AvgIpc) is 3.08. The van der Waals surface area contributed by atoms with E-state index < -0.39 is 23.9 Å². The second kappa shape index (κ2) is 7.01. The lowest BCUT2D eigenvalue weighted by molar-refractivity contribution is -0.141. The summed E-state index contributed by atoms with van der Waals surface area (Å²) >= 11 is 0. The molecule has 3 heterocycles. The van der Waals surface area contributed by atoms with E-state index in [0.29, 0.717) is 17.1 Å². The molecule has 1 aliphatic heterocycles. The number of fused-ring (bicyclic) bond motifs is 1. The molecule has 30 heavy (non-hydrogen) atoms. The Labute approximate surface area is 168 Å². The maximum absolute atomic E-state index is 13.2. The van der Waals surface area contributed by atoms with Gasteiger partial charge in [0.25, 0.3) is 0 Å². The number of halogens is 3. The summed E-state index contributed by atoms with van der Waals surface area (Å²) in [5, 5.41) is 20.3. The van der Waals surface area contributed by atoms with E-state index in [9.17, 15) is 28.5 Å². The van der Waals surface area contributed by atoms with Gasteiger partial charge < -0.3 is 0 Å². The number of rotatable bonds is 2. The number of alkyl halides is 3. The molecular formula is C20H11F3N6O. The highest BCUT2D eigenvalue weighted by Gasteiger charge is 2.42. The van der Waals surface area contributed by atoms with Crippen molar-refractivity contribution in [2.24, 2.45) is 0 Å². The first-order valence-electron chi connectivity index (χ1n) is 8.65. The molecule has 1 aliphatic rings. The van der Waals surface area contributed by atoms with Crippen LogP contribution in [0.4, 0.5) is 29.3 Å². The highest BCUT2D eigenvalue weighted by molar-refractivity contribution is 6.12. The molecule has 0 unspecified atom stereocenters. The number of urea groups is 1. The molecule has 1 aromatic carbocycles. The molecule has 10 heteroatoms. The maximum Gasteiger partial charge on any atom is 0.433 e. The van der Waals surface area contributed by atoms with Crippen LogP contribution >= 0.6 is 0 Å². The van der Waals surface area contributed by atoms with Gasteiger partial charge in [0.15, 0.2) is 0 Å². The summed E-state index contributed by atoms with van der Waals surface area (Å²) in [4.78, 5) is 22.8. The first kappa shape index (κ1) is 19.2. The van der Waals surface area contributed by atoms with Crippen LogP contribution in [0.25, 0.3) is 10.8 Å². The third-order valence-electron chi connectivity index (χ3n) is 4.74. The number of amides is 2. The fourth-order valence-corrected chi connectivity index (χ4v) is 3.37. The third-order valence-corrected chi connectivity index (χ3v) is 4.74. The maximum atomic E-state index is 13.2. The van der Waals surface area contributed by atoms with Crippen molar-refractivity contribution < 1.29 is 18.0 Å². The number of hydrogen-bond donors (Lipinski definition) is 0. The Hall–Kier alpha value is -4.18. The van der Waals surface area contributed by atoms with Gasteiger partial charge >= 0.3 is 12.2 Å². The zero-order chi connectivity index (χ0) is 21.5. The molecule has 1 atom stereocenters. The summed E-state index contributed by atoms with van der Waals surface area (Å²) in [6.45, 7) is -0.214. The van der Waals surface area contributed by atoms with Gasteiger partial charge in [0.05, 0.1) is 35.7 Å². The number of nitriles is 2. The molecule has 2 amide bonds. The summed E-state index contributed by atoms with van der Waals surface area (Å²) in [7, 11) is 0. The van der Waals surface area contributed by atoms with Crippen molar-refractivity contribution in [3.05, 3.63) is 60.2 Å². The van der Waals surface area contributed by atoms with Crippen LogP contribution in [0.5, 0.6) is 0 Å². The van der Waals surface area contributed by atoms with E-state index in [0.717, 1.165) is 16.5 Å². The Morgan fingerprint density at radius 1 is 1.10 bits per heavy atom. The Morgan fingerprint density at radius 3 is 2.57 bits per heavy atom. The van der Waals surface area contributed by atoms with Crippen molar-refractivity contribution >= 4 is 28.2 Å². The van der Waals surface area contributed by atoms with E-state index in [1.165, 1.54) is 11.1 Å². The number of aromatic nitrogens is 2. The van der Waals surface area contributed by atoms with Crippen molar-refractivity contribution in [1.29, 1.82) is 10.5 Å². The molecule has 1 fully saturated rings. The van der Waals surface area contributed by atoms with Gasteiger partial charge in [-0.15, -0.1) is 0 Å². The fraction of sp³-hybridized carbons (Fsp3) is 0.150. The van der Waals surface area contributed by atoms with Gasteiger partial charge in [-0.3, -0.25) is 19.8 Å². The number of nitrogens with zero attached hydrogens (tertiary/aromatic N) is 6. The van der Waals surface area contributed by atoms with Crippen LogP contribution in [-0.4, -0.2) is 28.6 Å². The molecule has 0 radical (unpaired) electrons. The molecule has 0 N–H and O–H groups in total. The van der Waals surface area contributed by atoms with Crippen molar-refractivity contribution in [3.8, 4) is 12.1 Å². The first-order valence-corrected chi connectivity index (χ1v) is 8.65. The SMILES string of the molecule is N#Cc1cnc(C(F)(F)F)cc1N1C[C@H](C#N)N(c2cncc3ccccc23)C1=O. The molecule has 0 spiro atoms. The predicted octanol–water partition coefficient (Wildman–Crippen LogP) is 3.86. The van der Waals surface area contributed by atoms with Gasteiger partial charge in [-0.2, -0.15) is 23.7 Å².